The first-order valence-electron chi connectivity index (χ1n) is 32.9. The number of benzene rings is 2. The molecule has 2 bridgehead atoms. The highest BCUT2D eigenvalue weighted by molar-refractivity contribution is 6.39. The molecule has 484 valence electrons. The van der Waals surface area contributed by atoms with Crippen LogP contribution in [0.3, 0.4) is 0 Å². The molecule has 9 rings (SSSR count). The van der Waals surface area contributed by atoms with Crippen LogP contribution < -0.4 is 0 Å². The van der Waals surface area contributed by atoms with Crippen molar-refractivity contribution in [3.05, 3.63) is 118 Å². The zero-order valence-electron chi connectivity index (χ0n) is 53.8. The maximum atomic E-state index is 14.8. The number of aryl methyl sites for hydroxylation is 1. The lowest BCUT2D eigenvalue weighted by Gasteiger charge is -2.47. The van der Waals surface area contributed by atoms with Crippen LogP contribution in [0.5, 0.6) is 0 Å². The number of esters is 1. The smallest absolute Gasteiger partial charge is 0.329 e. The summed E-state index contributed by atoms with van der Waals surface area (Å²) in [4.78, 5) is 82.6. The molecule has 4 N–H and O–H groups in total. The topological polar surface area (TPSA) is 226 Å². The molecule has 4 aliphatic heterocycles. The number of amides is 2. The van der Waals surface area contributed by atoms with Crippen LogP contribution in [0.4, 0.5) is 0 Å². The Morgan fingerprint density at radius 2 is 1.57 bits per heavy atom. The van der Waals surface area contributed by atoms with E-state index in [1.165, 1.54) is 46.9 Å². The third-order valence-electron chi connectivity index (χ3n) is 20.2. The van der Waals surface area contributed by atoms with E-state index in [-0.39, 0.29) is 61.9 Å². The Morgan fingerprint density at radius 3 is 2.29 bits per heavy atom. The molecule has 14 atom stereocenters. The van der Waals surface area contributed by atoms with Crippen molar-refractivity contribution < 1.29 is 63.3 Å². The number of methoxy groups -OCH3 is 2. The van der Waals surface area contributed by atoms with Crippen LogP contribution in [0.1, 0.15) is 152 Å². The lowest BCUT2D eigenvalue weighted by Crippen LogP contribution is -2.64. The normalized spacial score (nSPS) is 32.3. The third kappa shape index (κ3) is 16.3. The molecule has 0 radical (unpaired) electrons. The first kappa shape index (κ1) is 67.6. The number of aliphatic hydroxyl groups excluding tert-OH is 3. The van der Waals surface area contributed by atoms with Gasteiger partial charge in [-0.2, -0.15) is 0 Å². The van der Waals surface area contributed by atoms with Gasteiger partial charge >= 0.3 is 5.97 Å². The second-order valence-corrected chi connectivity index (χ2v) is 26.9. The molecular formula is C72H98N4O13. The van der Waals surface area contributed by atoms with E-state index in [4.69, 9.17) is 23.9 Å². The van der Waals surface area contributed by atoms with Crippen molar-refractivity contribution in [3.63, 3.8) is 0 Å². The van der Waals surface area contributed by atoms with E-state index in [9.17, 15) is 44.4 Å². The van der Waals surface area contributed by atoms with Crippen molar-refractivity contribution in [2.24, 2.45) is 35.5 Å². The van der Waals surface area contributed by atoms with Crippen LogP contribution in [-0.2, 0) is 55.9 Å². The van der Waals surface area contributed by atoms with Crippen molar-refractivity contribution >= 4 is 34.9 Å². The molecule has 3 saturated heterocycles. The number of allylic oxidation sites excluding steroid dienone is 4. The number of carbonyl (C=O) groups excluding carboxylic acids is 5. The third-order valence-corrected chi connectivity index (χ3v) is 20.2. The van der Waals surface area contributed by atoms with Crippen LogP contribution in [0, 0.1) is 42.4 Å². The number of ether oxygens (including phenoxy) is 4. The van der Waals surface area contributed by atoms with Gasteiger partial charge in [0.15, 0.2) is 0 Å². The molecule has 3 aromatic rings. The van der Waals surface area contributed by atoms with Gasteiger partial charge in [-0.1, -0.05) is 105 Å². The molecule has 1 saturated carbocycles. The summed E-state index contributed by atoms with van der Waals surface area (Å²) in [5.74, 6) is -8.48. The SMILES string of the molecule is CO[C@H]1C[C@@H](C)C/C(C)=C/[C@@H](CCCCC(=O)N2CCN(Cc3ccc(-c4cnc5c(c4)C(c4cccc(C)c4)=CC5)cc3)CC2)C(=O)C[C@H](O)[C@@H](C)[C@@H](/C(C)=C/[C@@H]2CC[C@@H](O)[C@H](CO)C2)OC(=O)[C@@H]2CCCCN2C(=O)C(=O)[C@]2(O)O[C@H]1[C@@H](OC)C[C@H]2C. The number of rotatable bonds is 14. The van der Waals surface area contributed by atoms with Gasteiger partial charge in [-0.05, 0) is 137 Å². The number of piperazine rings is 1. The summed E-state index contributed by atoms with van der Waals surface area (Å²) in [7, 11) is 3.06. The second-order valence-electron chi connectivity index (χ2n) is 26.9. The molecule has 89 heavy (non-hydrogen) atoms. The van der Waals surface area contributed by atoms with E-state index < -0.39 is 83.9 Å². The number of hydrogen-bond acceptors (Lipinski definition) is 15. The zero-order chi connectivity index (χ0) is 63.7. The van der Waals surface area contributed by atoms with Crippen LogP contribution in [0.2, 0.25) is 0 Å². The summed E-state index contributed by atoms with van der Waals surface area (Å²) < 4.78 is 24.7. The standard InChI is InChI=1S/C72H98N4O13/c1-44-14-13-16-53(33-44)57-24-25-59-58(57)39-55(41-73-59)52-22-19-50(20-23-52)42-74-28-30-75(31-29-74)66(81)18-10-9-15-54-34-45(2)32-46(3)35-64(86-7)68-65(87-8)37-48(5)72(85,89-68)69(82)70(83)76-27-12-11-17-60(76)71(84)88-67(49(6)62(79)40-63(54)80)47(4)36-51-21-26-61(78)56(38-51)43-77/h13-14,16,19-20,22-24,33-34,36,39,41,46,48-49,51,54,56,60-62,64-65,67-68,77-79,85H,9-12,15,17-18,21,25-32,35,37-38,40,42-43H2,1-8H3/b45-34+,47-36+/t46-,48+,49+,51-,54+,56-,60-,61+,62-,64-,65-,67+,68+,72+/m0/s1. The van der Waals surface area contributed by atoms with Crippen LogP contribution in [-0.4, -0.2) is 171 Å². The van der Waals surface area contributed by atoms with Gasteiger partial charge in [-0.25, -0.2) is 4.79 Å². The average Bonchev–Trinajstić information content (AvgIpc) is 1.98. The predicted molar refractivity (Wildman–Crippen MR) is 340 cm³/mol. The number of Topliss-reactive ketones (excluding diaryl/α,β-unsaturated/α-hetero) is 2. The number of cyclic esters (lactones) is 1. The van der Waals surface area contributed by atoms with Gasteiger partial charge in [0.05, 0.1) is 30.1 Å². The number of fused-ring (bicyclic) bond motifs is 4. The second kappa shape index (κ2) is 30.6. The minimum Gasteiger partial charge on any atom is -0.456 e. The molecule has 0 spiro atoms. The van der Waals surface area contributed by atoms with Crippen LogP contribution in [0.25, 0.3) is 16.7 Å². The number of ketones is 2. The number of hydrogen-bond donors (Lipinski definition) is 4. The molecule has 5 heterocycles. The van der Waals surface area contributed by atoms with Gasteiger partial charge in [0.25, 0.3) is 11.7 Å². The largest absolute Gasteiger partial charge is 0.456 e. The zero-order valence-corrected chi connectivity index (χ0v) is 53.8. The first-order valence-corrected chi connectivity index (χ1v) is 32.9. The lowest BCUT2D eigenvalue weighted by atomic mass is 9.78. The Hall–Kier alpha value is -5.76. The molecule has 2 amide bonds. The Kier molecular flexibility index (Phi) is 23.2. The molecule has 0 unspecified atom stereocenters. The average molecular weight is 1230 g/mol. The van der Waals surface area contributed by atoms with Crippen molar-refractivity contribution in [2.75, 3.05) is 53.6 Å². The number of carbonyl (C=O) groups is 5. The maximum absolute atomic E-state index is 14.8. The van der Waals surface area contributed by atoms with E-state index >= 15 is 0 Å². The highest BCUT2D eigenvalue weighted by atomic mass is 16.7. The Balaban J connectivity index is 0.869. The molecule has 17 heteroatoms. The molecule has 1 aromatic heterocycles. The van der Waals surface area contributed by atoms with E-state index in [1.807, 2.05) is 30.2 Å². The summed E-state index contributed by atoms with van der Waals surface area (Å²) in [5.41, 5.74) is 10.9. The molecule has 17 nitrogen and oxygen atoms in total. The molecule has 2 aliphatic carbocycles. The number of unbranched alkanes of at least 4 members (excludes halogenated alkanes) is 1. The number of aliphatic hydroxyl groups is 4. The minimum absolute atomic E-state index is 0.0529. The fourth-order valence-electron chi connectivity index (χ4n) is 14.8. The van der Waals surface area contributed by atoms with Crippen molar-refractivity contribution in [2.45, 2.75) is 193 Å². The van der Waals surface area contributed by atoms with E-state index in [0.717, 1.165) is 48.4 Å². The number of aromatic nitrogens is 1. The monoisotopic (exact) mass is 1230 g/mol. The predicted octanol–water partition coefficient (Wildman–Crippen LogP) is 8.92. The van der Waals surface area contributed by atoms with Gasteiger partial charge in [0, 0.05) is 120 Å². The van der Waals surface area contributed by atoms with E-state index in [0.29, 0.717) is 89.3 Å². The Morgan fingerprint density at radius 1 is 0.831 bits per heavy atom. The number of piperidine rings is 1. The summed E-state index contributed by atoms with van der Waals surface area (Å²) in [6.45, 7) is 14.7. The summed E-state index contributed by atoms with van der Waals surface area (Å²) in [6.07, 6.45) is 9.47. The molecule has 2 aromatic carbocycles. The fraction of sp³-hybridized carbons (Fsp3) is 0.611. The van der Waals surface area contributed by atoms with Crippen molar-refractivity contribution in [3.8, 4) is 11.1 Å². The van der Waals surface area contributed by atoms with Gasteiger partial charge in [0.1, 0.15) is 24.0 Å². The Labute approximate surface area is 526 Å². The fourth-order valence-corrected chi connectivity index (χ4v) is 14.8. The quantitative estimate of drug-likeness (QED) is 0.0512. The van der Waals surface area contributed by atoms with Crippen molar-refractivity contribution in [1.29, 1.82) is 0 Å². The van der Waals surface area contributed by atoms with Gasteiger partial charge in [0.2, 0.25) is 11.7 Å². The lowest BCUT2D eigenvalue weighted by molar-refractivity contribution is -0.302. The molecule has 4 fully saturated rings. The van der Waals surface area contributed by atoms with Gasteiger partial charge in [-0.3, -0.25) is 29.1 Å². The Bertz CT molecular complexity index is 3060. The van der Waals surface area contributed by atoms with Crippen molar-refractivity contribution in [1.82, 2.24) is 19.7 Å². The molecular weight excluding hydrogens is 1130 g/mol. The molecule has 6 aliphatic rings. The van der Waals surface area contributed by atoms with E-state index in [1.54, 1.807) is 20.8 Å². The first-order chi connectivity index (χ1) is 42.7. The summed E-state index contributed by atoms with van der Waals surface area (Å²) >= 11 is 0. The number of nitrogens with zero attached hydrogens (tertiary/aromatic N) is 4. The maximum Gasteiger partial charge on any atom is 0.329 e. The van der Waals surface area contributed by atoms with Crippen LogP contribution >= 0.6 is 0 Å². The summed E-state index contributed by atoms with van der Waals surface area (Å²) in [6, 6.07) is 18.4. The summed E-state index contributed by atoms with van der Waals surface area (Å²) in [5, 5.41) is 45.2. The van der Waals surface area contributed by atoms with Gasteiger partial charge in [-0.15, -0.1) is 0 Å². The minimum atomic E-state index is -2.56. The van der Waals surface area contributed by atoms with Gasteiger partial charge < -0.3 is 49.2 Å². The van der Waals surface area contributed by atoms with E-state index in [2.05, 4.69) is 79.4 Å². The highest BCUT2D eigenvalue weighted by Crippen LogP contribution is 2.41. The number of pyridine rings is 1. The van der Waals surface area contributed by atoms with Crippen LogP contribution in [0.15, 0.2) is 90.2 Å². The highest BCUT2D eigenvalue weighted by Gasteiger charge is 2.57.